The minimum absolute atomic E-state index is 0.0260. The Morgan fingerprint density at radius 3 is 2.67 bits per heavy atom. The van der Waals surface area contributed by atoms with E-state index < -0.39 is 0 Å². The van der Waals surface area contributed by atoms with Crippen LogP contribution in [0.1, 0.15) is 39.5 Å². The molecule has 0 atom stereocenters. The summed E-state index contributed by atoms with van der Waals surface area (Å²) in [5, 5.41) is 6.30. The number of pyridine rings is 1. The Balaban J connectivity index is 2.15. The molecule has 0 aliphatic carbocycles. The quantitative estimate of drug-likeness (QED) is 0.872. The summed E-state index contributed by atoms with van der Waals surface area (Å²) in [7, 11) is 0. The summed E-state index contributed by atoms with van der Waals surface area (Å²) < 4.78 is 1.65. The molecule has 0 radical (unpaired) electrons. The predicted octanol–water partition coefficient (Wildman–Crippen LogP) is 1.98. The number of anilines is 1. The fourth-order valence-corrected chi connectivity index (χ4v) is 2.93. The molecular weight excluding hydrogens is 266 g/mol. The number of carbonyl (C=O) groups excluding carboxylic acids is 1. The van der Waals surface area contributed by atoms with E-state index in [1.54, 1.807) is 16.8 Å². The maximum Gasteiger partial charge on any atom is 0.250 e. The second-order valence-electron chi connectivity index (χ2n) is 5.79. The molecule has 21 heavy (non-hydrogen) atoms. The van der Waals surface area contributed by atoms with Crippen molar-refractivity contribution in [2.24, 2.45) is 5.41 Å². The highest BCUT2D eigenvalue weighted by molar-refractivity contribution is 5.95. The number of amides is 1. The van der Waals surface area contributed by atoms with Crippen LogP contribution in [0.25, 0.3) is 0 Å². The van der Waals surface area contributed by atoms with Crippen LogP contribution in [0.4, 0.5) is 5.69 Å². The van der Waals surface area contributed by atoms with Crippen LogP contribution in [0.3, 0.4) is 0 Å². The lowest BCUT2D eigenvalue weighted by Crippen LogP contribution is -2.44. The normalized spacial score (nSPS) is 17.4. The van der Waals surface area contributed by atoms with Crippen molar-refractivity contribution in [3.05, 3.63) is 28.7 Å². The molecule has 5 heteroatoms. The van der Waals surface area contributed by atoms with Crippen LogP contribution < -0.4 is 16.2 Å². The lowest BCUT2D eigenvalue weighted by atomic mass is 9.76. The van der Waals surface area contributed by atoms with Gasteiger partial charge in [0, 0.05) is 18.8 Å². The maximum atomic E-state index is 12.6. The first-order valence-corrected chi connectivity index (χ1v) is 7.84. The number of rotatable bonds is 5. The molecule has 1 aliphatic rings. The number of hydrogen-bond acceptors (Lipinski definition) is 3. The van der Waals surface area contributed by atoms with Gasteiger partial charge in [0.2, 0.25) is 5.91 Å². The standard InChI is InChI=1S/C16H25N3O2/c1-3-11-19-12-13(5-6-14(19)20)18-15(21)16(4-2)7-9-17-10-8-16/h5-6,12,17H,3-4,7-11H2,1-2H3,(H,18,21). The summed E-state index contributed by atoms with van der Waals surface area (Å²) in [5.41, 5.74) is 0.401. The first kappa shape index (κ1) is 15.8. The number of carbonyl (C=O) groups is 1. The molecule has 5 nitrogen and oxygen atoms in total. The minimum Gasteiger partial charge on any atom is -0.324 e. The van der Waals surface area contributed by atoms with Crippen LogP contribution >= 0.6 is 0 Å². The van der Waals surface area contributed by atoms with Crippen molar-refractivity contribution in [2.75, 3.05) is 18.4 Å². The van der Waals surface area contributed by atoms with Gasteiger partial charge in [-0.3, -0.25) is 9.59 Å². The molecule has 0 bridgehead atoms. The molecule has 0 spiro atoms. The Morgan fingerprint density at radius 2 is 2.05 bits per heavy atom. The first-order chi connectivity index (χ1) is 10.1. The Bertz CT molecular complexity index is 545. The van der Waals surface area contributed by atoms with Crippen LogP contribution in [0.15, 0.2) is 23.1 Å². The molecule has 2 N–H and O–H groups in total. The van der Waals surface area contributed by atoms with Gasteiger partial charge in [-0.2, -0.15) is 0 Å². The molecule has 1 fully saturated rings. The van der Waals surface area contributed by atoms with Gasteiger partial charge in [0.1, 0.15) is 0 Å². The van der Waals surface area contributed by atoms with Gasteiger partial charge in [-0.05, 0) is 44.8 Å². The summed E-state index contributed by atoms with van der Waals surface area (Å²) in [6, 6.07) is 3.21. The molecule has 116 valence electrons. The van der Waals surface area contributed by atoms with Gasteiger partial charge in [-0.1, -0.05) is 13.8 Å². The van der Waals surface area contributed by atoms with Crippen molar-refractivity contribution in [1.29, 1.82) is 0 Å². The molecule has 0 unspecified atom stereocenters. The van der Waals surface area contributed by atoms with Crippen molar-refractivity contribution >= 4 is 11.6 Å². The van der Waals surface area contributed by atoms with Gasteiger partial charge in [-0.25, -0.2) is 0 Å². The van der Waals surface area contributed by atoms with Crippen LogP contribution in [0, 0.1) is 5.41 Å². The van der Waals surface area contributed by atoms with Crippen LogP contribution in [0.5, 0.6) is 0 Å². The van der Waals surface area contributed by atoms with Gasteiger partial charge in [-0.15, -0.1) is 0 Å². The Labute approximate surface area is 125 Å². The van der Waals surface area contributed by atoms with E-state index in [4.69, 9.17) is 0 Å². The largest absolute Gasteiger partial charge is 0.324 e. The van der Waals surface area contributed by atoms with Crippen LogP contribution in [-0.2, 0) is 11.3 Å². The number of piperidine rings is 1. The lowest BCUT2D eigenvalue weighted by Gasteiger charge is -2.35. The van der Waals surface area contributed by atoms with Gasteiger partial charge in [0.15, 0.2) is 0 Å². The molecule has 0 aromatic carbocycles. The molecule has 1 saturated heterocycles. The molecule has 1 aliphatic heterocycles. The average molecular weight is 291 g/mol. The van der Waals surface area contributed by atoms with Crippen LogP contribution in [-0.4, -0.2) is 23.6 Å². The maximum absolute atomic E-state index is 12.6. The molecular formula is C16H25N3O2. The van der Waals surface area contributed by atoms with Crippen molar-refractivity contribution in [2.45, 2.75) is 46.1 Å². The highest BCUT2D eigenvalue weighted by Gasteiger charge is 2.37. The number of hydrogen-bond donors (Lipinski definition) is 2. The lowest BCUT2D eigenvalue weighted by molar-refractivity contribution is -0.127. The van der Waals surface area contributed by atoms with E-state index in [-0.39, 0.29) is 16.9 Å². The van der Waals surface area contributed by atoms with E-state index in [1.807, 2.05) is 6.92 Å². The van der Waals surface area contributed by atoms with E-state index in [1.165, 1.54) is 6.07 Å². The molecule has 1 aromatic heterocycles. The SMILES string of the molecule is CCCn1cc(NC(=O)C2(CC)CCNCC2)ccc1=O. The fraction of sp³-hybridized carbons (Fsp3) is 0.625. The zero-order valence-corrected chi connectivity index (χ0v) is 12.9. The summed E-state index contributed by atoms with van der Waals surface area (Å²) in [4.78, 5) is 24.4. The van der Waals surface area contributed by atoms with Gasteiger partial charge >= 0.3 is 0 Å². The molecule has 2 rings (SSSR count). The van der Waals surface area contributed by atoms with Gasteiger partial charge in [0.05, 0.1) is 11.1 Å². The van der Waals surface area contributed by atoms with E-state index in [0.717, 1.165) is 38.8 Å². The predicted molar refractivity (Wildman–Crippen MR) is 84.5 cm³/mol. The third-order valence-corrected chi connectivity index (χ3v) is 4.42. The minimum atomic E-state index is -0.281. The second-order valence-corrected chi connectivity index (χ2v) is 5.79. The Kier molecular flexibility index (Phi) is 5.17. The Hall–Kier alpha value is -1.62. The van der Waals surface area contributed by atoms with E-state index in [9.17, 15) is 9.59 Å². The third kappa shape index (κ3) is 3.53. The highest BCUT2D eigenvalue weighted by atomic mass is 16.2. The summed E-state index contributed by atoms with van der Waals surface area (Å²) >= 11 is 0. The first-order valence-electron chi connectivity index (χ1n) is 7.84. The molecule has 0 saturated carbocycles. The van der Waals surface area contributed by atoms with Crippen molar-refractivity contribution in [3.63, 3.8) is 0 Å². The van der Waals surface area contributed by atoms with E-state index in [0.29, 0.717) is 12.2 Å². The zero-order chi connectivity index (χ0) is 15.3. The topological polar surface area (TPSA) is 63.1 Å². The molecule has 2 heterocycles. The van der Waals surface area contributed by atoms with Crippen molar-refractivity contribution in [3.8, 4) is 0 Å². The summed E-state index contributed by atoms with van der Waals surface area (Å²) in [5.74, 6) is 0.0770. The second kappa shape index (κ2) is 6.89. The molecule has 1 aromatic rings. The Morgan fingerprint density at radius 1 is 1.33 bits per heavy atom. The van der Waals surface area contributed by atoms with Crippen LogP contribution in [0.2, 0.25) is 0 Å². The number of aryl methyl sites for hydroxylation is 1. The fourth-order valence-electron chi connectivity index (χ4n) is 2.93. The smallest absolute Gasteiger partial charge is 0.250 e. The monoisotopic (exact) mass is 291 g/mol. The van der Waals surface area contributed by atoms with Gasteiger partial charge in [0.25, 0.3) is 5.56 Å². The van der Waals surface area contributed by atoms with E-state index in [2.05, 4.69) is 17.6 Å². The summed E-state index contributed by atoms with van der Waals surface area (Å²) in [6.45, 7) is 6.54. The van der Waals surface area contributed by atoms with E-state index >= 15 is 0 Å². The number of aromatic nitrogens is 1. The van der Waals surface area contributed by atoms with Crippen molar-refractivity contribution in [1.82, 2.24) is 9.88 Å². The number of nitrogens with one attached hydrogen (secondary N) is 2. The molecule has 1 amide bonds. The van der Waals surface area contributed by atoms with Gasteiger partial charge < -0.3 is 15.2 Å². The zero-order valence-electron chi connectivity index (χ0n) is 12.9. The van der Waals surface area contributed by atoms with Crippen molar-refractivity contribution < 1.29 is 4.79 Å². The highest BCUT2D eigenvalue weighted by Crippen LogP contribution is 2.33. The average Bonchev–Trinajstić information content (AvgIpc) is 2.51. The summed E-state index contributed by atoms with van der Waals surface area (Å²) in [6.07, 6.45) is 5.21. The number of nitrogens with zero attached hydrogens (tertiary/aromatic N) is 1. The third-order valence-electron chi connectivity index (χ3n) is 4.42.